The van der Waals surface area contributed by atoms with Crippen LogP contribution in [0.15, 0.2) is 36.4 Å². The van der Waals surface area contributed by atoms with Crippen molar-refractivity contribution in [2.24, 2.45) is 0 Å². The molecule has 0 radical (unpaired) electrons. The summed E-state index contributed by atoms with van der Waals surface area (Å²) in [4.78, 5) is 11.9. The molecule has 5 heteroatoms. The molecule has 2 N–H and O–H groups in total. The number of aryl methyl sites for hydroxylation is 2. The first kappa shape index (κ1) is 15.3. The van der Waals surface area contributed by atoms with Crippen LogP contribution in [-0.2, 0) is 4.79 Å². The number of amides is 1. The van der Waals surface area contributed by atoms with Gasteiger partial charge in [0.15, 0.2) is 0 Å². The fourth-order valence-corrected chi connectivity index (χ4v) is 2.22. The zero-order valence-corrected chi connectivity index (χ0v) is 12.6. The lowest BCUT2D eigenvalue weighted by Crippen LogP contribution is -2.22. The molecule has 0 aliphatic heterocycles. The van der Waals surface area contributed by atoms with Gasteiger partial charge in [0.1, 0.15) is 5.82 Å². The van der Waals surface area contributed by atoms with Crippen molar-refractivity contribution in [2.45, 2.75) is 13.8 Å². The zero-order valence-electron chi connectivity index (χ0n) is 11.8. The Hall–Kier alpha value is -2.07. The number of para-hydroxylation sites is 1. The number of rotatable bonds is 4. The maximum Gasteiger partial charge on any atom is 0.243 e. The van der Waals surface area contributed by atoms with E-state index >= 15 is 0 Å². The number of halogens is 2. The molecule has 2 aromatic carbocycles. The summed E-state index contributed by atoms with van der Waals surface area (Å²) in [7, 11) is 0. The van der Waals surface area contributed by atoms with Gasteiger partial charge >= 0.3 is 0 Å². The summed E-state index contributed by atoms with van der Waals surface area (Å²) < 4.78 is 13.0. The first-order valence-electron chi connectivity index (χ1n) is 6.52. The molecule has 0 atom stereocenters. The topological polar surface area (TPSA) is 41.1 Å². The fraction of sp³-hybridized carbons (Fsp3) is 0.188. The normalized spacial score (nSPS) is 10.3. The van der Waals surface area contributed by atoms with Crippen LogP contribution in [-0.4, -0.2) is 12.5 Å². The van der Waals surface area contributed by atoms with Crippen LogP contribution < -0.4 is 10.6 Å². The Morgan fingerprint density at radius 2 is 1.86 bits per heavy atom. The molecule has 0 aliphatic rings. The van der Waals surface area contributed by atoms with Gasteiger partial charge in [-0.2, -0.15) is 0 Å². The smallest absolute Gasteiger partial charge is 0.243 e. The Labute approximate surface area is 128 Å². The summed E-state index contributed by atoms with van der Waals surface area (Å²) in [6.45, 7) is 4.08. The van der Waals surface area contributed by atoms with E-state index in [9.17, 15) is 9.18 Å². The maximum absolute atomic E-state index is 13.0. The molecule has 3 nitrogen and oxygen atoms in total. The summed E-state index contributed by atoms with van der Waals surface area (Å²) in [5, 5.41) is 5.76. The predicted molar refractivity (Wildman–Crippen MR) is 84.4 cm³/mol. The molecule has 0 unspecified atom stereocenters. The van der Waals surface area contributed by atoms with Gasteiger partial charge in [0.05, 0.1) is 11.6 Å². The van der Waals surface area contributed by atoms with Gasteiger partial charge in [0, 0.05) is 11.4 Å². The van der Waals surface area contributed by atoms with E-state index in [1.54, 1.807) is 0 Å². The highest BCUT2D eigenvalue weighted by Crippen LogP contribution is 2.20. The lowest BCUT2D eigenvalue weighted by atomic mass is 10.1. The third-order valence-electron chi connectivity index (χ3n) is 3.11. The molecule has 21 heavy (non-hydrogen) atoms. The summed E-state index contributed by atoms with van der Waals surface area (Å²) >= 11 is 5.67. The van der Waals surface area contributed by atoms with Gasteiger partial charge in [-0.05, 0) is 43.2 Å². The van der Waals surface area contributed by atoms with Crippen LogP contribution in [0.4, 0.5) is 15.8 Å². The van der Waals surface area contributed by atoms with Crippen molar-refractivity contribution in [1.82, 2.24) is 0 Å². The molecule has 1 amide bonds. The van der Waals surface area contributed by atoms with Crippen molar-refractivity contribution in [2.75, 3.05) is 17.2 Å². The van der Waals surface area contributed by atoms with Crippen LogP contribution >= 0.6 is 11.6 Å². The molecule has 2 rings (SSSR count). The van der Waals surface area contributed by atoms with Gasteiger partial charge in [-0.3, -0.25) is 4.79 Å². The molecule has 110 valence electrons. The highest BCUT2D eigenvalue weighted by atomic mass is 35.5. The fourth-order valence-electron chi connectivity index (χ4n) is 2.04. The number of benzene rings is 2. The van der Waals surface area contributed by atoms with Crippen LogP contribution in [0.3, 0.4) is 0 Å². The molecular formula is C16H16ClFN2O. The predicted octanol–water partition coefficient (Wildman–Crippen LogP) is 4.15. The number of hydrogen-bond donors (Lipinski definition) is 2. The minimum Gasteiger partial charge on any atom is -0.376 e. The van der Waals surface area contributed by atoms with Crippen molar-refractivity contribution in [3.05, 3.63) is 58.4 Å². The Kier molecular flexibility index (Phi) is 4.81. The summed E-state index contributed by atoms with van der Waals surface area (Å²) in [6.07, 6.45) is 0. The van der Waals surface area contributed by atoms with E-state index in [1.807, 2.05) is 32.0 Å². The third-order valence-corrected chi connectivity index (χ3v) is 3.40. The molecule has 2 aromatic rings. The van der Waals surface area contributed by atoms with E-state index in [-0.39, 0.29) is 17.5 Å². The molecule has 0 spiro atoms. The lowest BCUT2D eigenvalue weighted by molar-refractivity contribution is -0.114. The number of nitrogens with one attached hydrogen (secondary N) is 2. The standard InChI is InChI=1S/C16H16ClFN2O/c1-10-4-3-5-11(2)16(10)19-9-15(21)20-12-6-7-14(18)13(17)8-12/h3-8,19H,9H2,1-2H3,(H,20,21). The Morgan fingerprint density at radius 3 is 2.48 bits per heavy atom. The monoisotopic (exact) mass is 306 g/mol. The summed E-state index contributed by atoms with van der Waals surface area (Å²) in [6, 6.07) is 10.00. The van der Waals surface area contributed by atoms with E-state index in [0.29, 0.717) is 5.69 Å². The Morgan fingerprint density at radius 1 is 1.19 bits per heavy atom. The number of anilines is 2. The average Bonchev–Trinajstić information content (AvgIpc) is 2.42. The molecule has 0 aliphatic carbocycles. The van der Waals surface area contributed by atoms with Gasteiger partial charge < -0.3 is 10.6 Å². The van der Waals surface area contributed by atoms with Crippen molar-refractivity contribution < 1.29 is 9.18 Å². The van der Waals surface area contributed by atoms with Gasteiger partial charge in [-0.1, -0.05) is 29.8 Å². The SMILES string of the molecule is Cc1cccc(C)c1NCC(=O)Nc1ccc(F)c(Cl)c1. The van der Waals surface area contributed by atoms with Crippen molar-refractivity contribution in [1.29, 1.82) is 0 Å². The average molecular weight is 307 g/mol. The second-order valence-electron chi connectivity index (χ2n) is 4.80. The number of carbonyl (C=O) groups is 1. The molecule has 0 heterocycles. The quantitative estimate of drug-likeness (QED) is 0.891. The van der Waals surface area contributed by atoms with E-state index in [1.165, 1.54) is 18.2 Å². The number of carbonyl (C=O) groups excluding carboxylic acids is 1. The largest absolute Gasteiger partial charge is 0.376 e. The second-order valence-corrected chi connectivity index (χ2v) is 5.20. The van der Waals surface area contributed by atoms with E-state index in [0.717, 1.165) is 16.8 Å². The minimum atomic E-state index is -0.511. The van der Waals surface area contributed by atoms with Crippen LogP contribution in [0, 0.1) is 19.7 Å². The first-order chi connectivity index (χ1) is 9.97. The summed E-state index contributed by atoms with van der Waals surface area (Å²) in [5.41, 5.74) is 3.57. The van der Waals surface area contributed by atoms with Crippen LogP contribution in [0.2, 0.25) is 5.02 Å². The molecule has 0 saturated carbocycles. The van der Waals surface area contributed by atoms with Gasteiger partial charge in [-0.25, -0.2) is 4.39 Å². The van der Waals surface area contributed by atoms with E-state index in [2.05, 4.69) is 10.6 Å². The molecule has 0 fully saturated rings. The number of hydrogen-bond acceptors (Lipinski definition) is 2. The van der Waals surface area contributed by atoms with Crippen molar-refractivity contribution >= 4 is 28.9 Å². The Balaban J connectivity index is 1.97. The van der Waals surface area contributed by atoms with Crippen LogP contribution in [0.1, 0.15) is 11.1 Å². The zero-order chi connectivity index (χ0) is 15.4. The maximum atomic E-state index is 13.0. The van der Waals surface area contributed by atoms with Crippen molar-refractivity contribution in [3.63, 3.8) is 0 Å². The molecule has 0 saturated heterocycles. The van der Waals surface area contributed by atoms with Crippen LogP contribution in [0.5, 0.6) is 0 Å². The van der Waals surface area contributed by atoms with Crippen LogP contribution in [0.25, 0.3) is 0 Å². The van der Waals surface area contributed by atoms with Gasteiger partial charge in [-0.15, -0.1) is 0 Å². The van der Waals surface area contributed by atoms with Gasteiger partial charge in [0.25, 0.3) is 0 Å². The van der Waals surface area contributed by atoms with E-state index in [4.69, 9.17) is 11.6 Å². The molecule has 0 aromatic heterocycles. The third kappa shape index (κ3) is 3.95. The summed E-state index contributed by atoms with van der Waals surface area (Å²) in [5.74, 6) is -0.733. The highest BCUT2D eigenvalue weighted by Gasteiger charge is 2.07. The second kappa shape index (κ2) is 6.59. The van der Waals surface area contributed by atoms with Crippen molar-refractivity contribution in [3.8, 4) is 0 Å². The molecular weight excluding hydrogens is 291 g/mol. The van der Waals surface area contributed by atoms with Gasteiger partial charge in [0.2, 0.25) is 5.91 Å². The van der Waals surface area contributed by atoms with E-state index < -0.39 is 5.82 Å². The first-order valence-corrected chi connectivity index (χ1v) is 6.90. The minimum absolute atomic E-state index is 0.0180. The molecule has 0 bridgehead atoms. The highest BCUT2D eigenvalue weighted by molar-refractivity contribution is 6.31. The lowest BCUT2D eigenvalue weighted by Gasteiger charge is -2.12. The Bertz CT molecular complexity index is 653.